The van der Waals surface area contributed by atoms with Crippen molar-refractivity contribution in [2.24, 2.45) is 0 Å². The predicted molar refractivity (Wildman–Crippen MR) is 73.8 cm³/mol. The maximum absolute atomic E-state index is 2.28. The van der Waals surface area contributed by atoms with Crippen LogP contribution in [-0.4, -0.2) is 0 Å². The lowest BCUT2D eigenvalue weighted by Crippen LogP contribution is -1.87. The smallest absolute Gasteiger partial charge is 0.00550 e. The second-order valence-electron chi connectivity index (χ2n) is 5.02. The van der Waals surface area contributed by atoms with Crippen LogP contribution in [0.25, 0.3) is 5.57 Å². The predicted octanol–water partition coefficient (Wildman–Crippen LogP) is 4.68. The lowest BCUT2D eigenvalue weighted by atomic mass is 10.0. The van der Waals surface area contributed by atoms with Crippen molar-refractivity contribution in [3.63, 3.8) is 0 Å². The number of benzene rings is 1. The Bertz CT molecular complexity index is 527. The minimum Gasteiger partial charge on any atom is -0.0805 e. The summed E-state index contributed by atoms with van der Waals surface area (Å²) >= 11 is 0. The van der Waals surface area contributed by atoms with Gasteiger partial charge in [-0.25, -0.2) is 0 Å². The van der Waals surface area contributed by atoms with Crippen LogP contribution >= 0.6 is 0 Å². The van der Waals surface area contributed by atoms with Crippen molar-refractivity contribution in [2.45, 2.75) is 32.6 Å². The zero-order chi connectivity index (χ0) is 11.7. The van der Waals surface area contributed by atoms with Gasteiger partial charge in [0.25, 0.3) is 0 Å². The summed E-state index contributed by atoms with van der Waals surface area (Å²) < 4.78 is 0. The van der Waals surface area contributed by atoms with Gasteiger partial charge < -0.3 is 0 Å². The normalized spacial score (nSPS) is 17.6. The van der Waals surface area contributed by atoms with Gasteiger partial charge in [-0.15, -0.1) is 0 Å². The van der Waals surface area contributed by atoms with Gasteiger partial charge in [-0.3, -0.25) is 0 Å². The molecule has 1 aromatic rings. The Kier molecular flexibility index (Phi) is 2.72. The summed E-state index contributed by atoms with van der Waals surface area (Å²) in [5.41, 5.74) is 7.73. The van der Waals surface area contributed by atoms with E-state index in [4.69, 9.17) is 0 Å². The Hall–Kier alpha value is -1.56. The summed E-state index contributed by atoms with van der Waals surface area (Å²) in [6.45, 7) is 2.28. The van der Waals surface area contributed by atoms with E-state index in [0.717, 1.165) is 0 Å². The monoisotopic (exact) mass is 222 g/mol. The third-order valence-corrected chi connectivity index (χ3v) is 3.95. The fourth-order valence-corrected chi connectivity index (χ4v) is 2.86. The first kappa shape index (κ1) is 10.6. The summed E-state index contributed by atoms with van der Waals surface area (Å²) in [6, 6.07) is 8.82. The number of hydrogen-bond donors (Lipinski definition) is 0. The van der Waals surface area contributed by atoms with Gasteiger partial charge in [-0.05, 0) is 49.3 Å². The fraction of sp³-hybridized carbons (Fsp3) is 0.294. The van der Waals surface area contributed by atoms with Crippen molar-refractivity contribution in [3.8, 4) is 0 Å². The largest absolute Gasteiger partial charge is 0.0805 e. The molecule has 0 fully saturated rings. The number of fused-ring (bicyclic) bond motifs is 1. The topological polar surface area (TPSA) is 0 Å². The van der Waals surface area contributed by atoms with Gasteiger partial charge in [0.15, 0.2) is 0 Å². The molecule has 2 aliphatic rings. The Morgan fingerprint density at radius 1 is 1.12 bits per heavy atom. The van der Waals surface area contributed by atoms with Crippen molar-refractivity contribution in [1.29, 1.82) is 0 Å². The standard InChI is InChI=1S/C17H18/c1-13-15(11-10-14-6-2-3-7-14)12-16-8-4-5-9-17(13)16/h2-6,8-9H,7,10-12H2,1H3. The van der Waals surface area contributed by atoms with Crippen molar-refractivity contribution >= 4 is 5.57 Å². The first-order valence-electron chi connectivity index (χ1n) is 6.46. The van der Waals surface area contributed by atoms with Crippen LogP contribution in [0.15, 0.2) is 53.6 Å². The second-order valence-corrected chi connectivity index (χ2v) is 5.02. The Morgan fingerprint density at radius 3 is 2.76 bits per heavy atom. The Morgan fingerprint density at radius 2 is 2.00 bits per heavy atom. The molecule has 0 aromatic heterocycles. The van der Waals surface area contributed by atoms with E-state index >= 15 is 0 Å². The molecule has 0 spiro atoms. The van der Waals surface area contributed by atoms with E-state index in [2.05, 4.69) is 49.4 Å². The van der Waals surface area contributed by atoms with E-state index in [1.54, 1.807) is 11.1 Å². The molecule has 0 saturated heterocycles. The first-order chi connectivity index (χ1) is 8.34. The van der Waals surface area contributed by atoms with Gasteiger partial charge in [0.2, 0.25) is 0 Å². The molecule has 0 unspecified atom stereocenters. The van der Waals surface area contributed by atoms with Gasteiger partial charge in [0.05, 0.1) is 0 Å². The molecule has 0 atom stereocenters. The summed E-state index contributed by atoms with van der Waals surface area (Å²) in [6.07, 6.45) is 11.5. The molecule has 0 saturated carbocycles. The second kappa shape index (κ2) is 4.37. The number of allylic oxidation sites excluding steroid dienone is 6. The van der Waals surface area contributed by atoms with Crippen LogP contribution in [-0.2, 0) is 6.42 Å². The molecule has 17 heavy (non-hydrogen) atoms. The zero-order valence-corrected chi connectivity index (χ0v) is 10.4. The maximum Gasteiger partial charge on any atom is -0.00550 e. The molecular formula is C17H18. The average Bonchev–Trinajstić information content (AvgIpc) is 2.96. The molecule has 3 rings (SSSR count). The molecule has 2 aliphatic carbocycles. The van der Waals surface area contributed by atoms with Gasteiger partial charge >= 0.3 is 0 Å². The number of hydrogen-bond acceptors (Lipinski definition) is 0. The highest BCUT2D eigenvalue weighted by atomic mass is 14.2. The molecule has 0 aliphatic heterocycles. The molecule has 0 N–H and O–H groups in total. The van der Waals surface area contributed by atoms with Gasteiger partial charge in [0.1, 0.15) is 0 Å². The van der Waals surface area contributed by atoms with Gasteiger partial charge in [-0.1, -0.05) is 53.6 Å². The van der Waals surface area contributed by atoms with E-state index in [-0.39, 0.29) is 0 Å². The highest BCUT2D eigenvalue weighted by molar-refractivity contribution is 5.74. The van der Waals surface area contributed by atoms with E-state index in [0.29, 0.717) is 0 Å². The number of rotatable bonds is 3. The van der Waals surface area contributed by atoms with Crippen molar-refractivity contribution in [2.75, 3.05) is 0 Å². The van der Waals surface area contributed by atoms with Crippen LogP contribution < -0.4 is 0 Å². The summed E-state index contributed by atoms with van der Waals surface area (Å²) in [5.74, 6) is 0. The maximum atomic E-state index is 2.28. The molecular weight excluding hydrogens is 204 g/mol. The molecule has 1 aromatic carbocycles. The average molecular weight is 222 g/mol. The van der Waals surface area contributed by atoms with Crippen LogP contribution in [0.4, 0.5) is 0 Å². The van der Waals surface area contributed by atoms with Gasteiger partial charge in [0, 0.05) is 0 Å². The SMILES string of the molecule is CC1=C(CCC2=CC=CC2)Cc2ccccc21. The summed E-state index contributed by atoms with van der Waals surface area (Å²) in [7, 11) is 0. The molecule has 0 amide bonds. The Balaban J connectivity index is 1.72. The molecule has 0 bridgehead atoms. The van der Waals surface area contributed by atoms with Crippen LogP contribution in [0.2, 0.25) is 0 Å². The van der Waals surface area contributed by atoms with Crippen molar-refractivity contribution < 1.29 is 0 Å². The minimum absolute atomic E-state index is 1.17. The molecule has 0 heteroatoms. The lowest BCUT2D eigenvalue weighted by molar-refractivity contribution is 0.884. The third kappa shape index (κ3) is 2.00. The van der Waals surface area contributed by atoms with Crippen molar-refractivity contribution in [1.82, 2.24) is 0 Å². The third-order valence-electron chi connectivity index (χ3n) is 3.95. The Labute approximate surface area is 103 Å². The molecule has 0 radical (unpaired) electrons. The van der Waals surface area contributed by atoms with Crippen LogP contribution in [0, 0.1) is 0 Å². The van der Waals surface area contributed by atoms with Crippen LogP contribution in [0.1, 0.15) is 37.3 Å². The summed E-state index contributed by atoms with van der Waals surface area (Å²) in [4.78, 5) is 0. The zero-order valence-electron chi connectivity index (χ0n) is 10.4. The highest BCUT2D eigenvalue weighted by Crippen LogP contribution is 2.35. The van der Waals surface area contributed by atoms with E-state index in [9.17, 15) is 0 Å². The summed E-state index contributed by atoms with van der Waals surface area (Å²) in [5, 5.41) is 0. The quantitative estimate of drug-likeness (QED) is 0.696. The van der Waals surface area contributed by atoms with Crippen LogP contribution in [0.3, 0.4) is 0 Å². The lowest BCUT2D eigenvalue weighted by Gasteiger charge is -2.05. The van der Waals surface area contributed by atoms with Gasteiger partial charge in [-0.2, -0.15) is 0 Å². The molecule has 86 valence electrons. The fourth-order valence-electron chi connectivity index (χ4n) is 2.86. The van der Waals surface area contributed by atoms with E-state index in [1.807, 2.05) is 0 Å². The minimum atomic E-state index is 1.17. The van der Waals surface area contributed by atoms with Crippen molar-refractivity contribution in [3.05, 3.63) is 64.8 Å². The van der Waals surface area contributed by atoms with E-state index in [1.165, 1.54) is 42.4 Å². The molecule has 0 heterocycles. The van der Waals surface area contributed by atoms with Crippen LogP contribution in [0.5, 0.6) is 0 Å². The highest BCUT2D eigenvalue weighted by Gasteiger charge is 2.17. The first-order valence-corrected chi connectivity index (χ1v) is 6.46. The molecule has 0 nitrogen and oxygen atoms in total. The van der Waals surface area contributed by atoms with E-state index < -0.39 is 0 Å².